The number of aryl methyl sites for hydroxylation is 1. The molecule has 0 saturated heterocycles. The Labute approximate surface area is 133 Å². The molecule has 1 N–H and O–H groups in total. The zero-order valence-corrected chi connectivity index (χ0v) is 13.5. The van der Waals surface area contributed by atoms with Crippen LogP contribution in [0.5, 0.6) is 5.75 Å². The molecule has 2 aromatic rings. The lowest BCUT2D eigenvalue weighted by Crippen LogP contribution is -2.13. The summed E-state index contributed by atoms with van der Waals surface area (Å²) < 4.78 is 5.48. The monoisotopic (exact) mass is 347 g/mol. The summed E-state index contributed by atoms with van der Waals surface area (Å²) in [6.07, 6.45) is 0.974. The van der Waals surface area contributed by atoms with Gasteiger partial charge in [-0.1, -0.05) is 40.2 Å². The number of alkyl halides is 1. The minimum absolute atomic E-state index is 0.160. The first-order chi connectivity index (χ1) is 10.2. The smallest absolute Gasteiger partial charge is 0.259 e. The molecular formula is C17H18BrNO2. The third-order valence-electron chi connectivity index (χ3n) is 3.03. The fourth-order valence-electron chi connectivity index (χ4n) is 2.00. The molecule has 0 saturated carbocycles. The van der Waals surface area contributed by atoms with Crippen molar-refractivity contribution in [2.45, 2.75) is 13.3 Å². The van der Waals surface area contributed by atoms with Crippen molar-refractivity contribution in [2.24, 2.45) is 0 Å². The Balaban J connectivity index is 2.10. The highest BCUT2D eigenvalue weighted by atomic mass is 79.9. The molecule has 2 rings (SSSR count). The van der Waals surface area contributed by atoms with E-state index in [1.807, 2.05) is 43.3 Å². The maximum atomic E-state index is 12.3. The van der Waals surface area contributed by atoms with E-state index in [4.69, 9.17) is 4.74 Å². The molecule has 0 atom stereocenters. The number of rotatable bonds is 6. The topological polar surface area (TPSA) is 38.3 Å². The molecule has 0 aliphatic heterocycles. The zero-order chi connectivity index (χ0) is 15.1. The Kier molecular flexibility index (Phi) is 5.81. The Bertz CT molecular complexity index is 596. The van der Waals surface area contributed by atoms with Gasteiger partial charge < -0.3 is 10.1 Å². The van der Waals surface area contributed by atoms with Crippen LogP contribution in [0.2, 0.25) is 0 Å². The molecule has 3 nitrogen and oxygen atoms in total. The maximum Gasteiger partial charge on any atom is 0.259 e. The number of nitrogens with one attached hydrogen (secondary N) is 1. The minimum atomic E-state index is -0.160. The van der Waals surface area contributed by atoms with Gasteiger partial charge in [-0.15, -0.1) is 0 Å². The van der Waals surface area contributed by atoms with Crippen LogP contribution in [0, 0.1) is 0 Å². The number of ether oxygens (including phenoxy) is 1. The number of carbonyl (C=O) groups excluding carboxylic acids is 1. The van der Waals surface area contributed by atoms with Gasteiger partial charge in [0.05, 0.1) is 12.2 Å². The van der Waals surface area contributed by atoms with E-state index in [0.717, 1.165) is 17.4 Å². The molecule has 2 aromatic carbocycles. The second-order valence-corrected chi connectivity index (χ2v) is 5.31. The average Bonchev–Trinajstić information content (AvgIpc) is 2.50. The first kappa shape index (κ1) is 15.6. The van der Waals surface area contributed by atoms with Crippen molar-refractivity contribution in [3.05, 3.63) is 59.7 Å². The highest BCUT2D eigenvalue weighted by Crippen LogP contribution is 2.20. The molecule has 21 heavy (non-hydrogen) atoms. The zero-order valence-electron chi connectivity index (χ0n) is 11.9. The standard InChI is InChI=1S/C17H18BrNO2/c1-2-21-16-6-4-3-5-15(16)17(20)19-14-9-7-13(8-10-14)11-12-18/h3-10H,2,11-12H2,1H3,(H,19,20). The lowest BCUT2D eigenvalue weighted by atomic mass is 10.1. The van der Waals surface area contributed by atoms with E-state index < -0.39 is 0 Å². The van der Waals surface area contributed by atoms with Crippen LogP contribution in [0.4, 0.5) is 5.69 Å². The van der Waals surface area contributed by atoms with Crippen molar-refractivity contribution >= 4 is 27.5 Å². The number of hydrogen-bond acceptors (Lipinski definition) is 2. The summed E-state index contributed by atoms with van der Waals surface area (Å²) >= 11 is 3.41. The van der Waals surface area contributed by atoms with E-state index in [9.17, 15) is 4.79 Å². The number of benzene rings is 2. The molecule has 0 aliphatic rings. The molecular weight excluding hydrogens is 330 g/mol. The average molecular weight is 348 g/mol. The van der Waals surface area contributed by atoms with E-state index in [1.165, 1.54) is 5.56 Å². The molecule has 1 amide bonds. The highest BCUT2D eigenvalue weighted by molar-refractivity contribution is 9.09. The third-order valence-corrected chi connectivity index (χ3v) is 3.42. The Hall–Kier alpha value is -1.81. The van der Waals surface area contributed by atoms with Crippen molar-refractivity contribution in [1.29, 1.82) is 0 Å². The first-order valence-corrected chi connectivity index (χ1v) is 8.05. The van der Waals surface area contributed by atoms with E-state index in [2.05, 4.69) is 21.2 Å². The quantitative estimate of drug-likeness (QED) is 0.792. The van der Waals surface area contributed by atoms with E-state index in [-0.39, 0.29) is 5.91 Å². The first-order valence-electron chi connectivity index (χ1n) is 6.92. The molecule has 0 radical (unpaired) electrons. The summed E-state index contributed by atoms with van der Waals surface area (Å²) in [5, 5.41) is 3.83. The number of amides is 1. The number of anilines is 1. The number of halogens is 1. The predicted molar refractivity (Wildman–Crippen MR) is 89.5 cm³/mol. The molecule has 0 aliphatic carbocycles. The van der Waals surface area contributed by atoms with Crippen LogP contribution in [0.3, 0.4) is 0 Å². The lowest BCUT2D eigenvalue weighted by Gasteiger charge is -2.10. The summed E-state index contributed by atoms with van der Waals surface area (Å²) in [7, 11) is 0. The van der Waals surface area contributed by atoms with E-state index in [0.29, 0.717) is 17.9 Å². The van der Waals surface area contributed by atoms with Gasteiger partial charge in [-0.25, -0.2) is 0 Å². The van der Waals surface area contributed by atoms with Crippen LogP contribution in [0.1, 0.15) is 22.8 Å². The van der Waals surface area contributed by atoms with Crippen LogP contribution in [0.15, 0.2) is 48.5 Å². The highest BCUT2D eigenvalue weighted by Gasteiger charge is 2.11. The van der Waals surface area contributed by atoms with E-state index in [1.54, 1.807) is 12.1 Å². The molecule has 110 valence electrons. The van der Waals surface area contributed by atoms with Gasteiger partial charge in [-0.2, -0.15) is 0 Å². The molecule has 0 aromatic heterocycles. The molecule has 0 unspecified atom stereocenters. The van der Waals surface area contributed by atoms with Gasteiger partial charge in [0.25, 0.3) is 5.91 Å². The Morgan fingerprint density at radius 2 is 1.86 bits per heavy atom. The third kappa shape index (κ3) is 4.33. The van der Waals surface area contributed by atoms with Gasteiger partial charge in [0.1, 0.15) is 5.75 Å². The molecule has 0 bridgehead atoms. The SMILES string of the molecule is CCOc1ccccc1C(=O)Nc1ccc(CCBr)cc1. The summed E-state index contributed by atoms with van der Waals surface area (Å²) in [5.74, 6) is 0.445. The van der Waals surface area contributed by atoms with E-state index >= 15 is 0 Å². The van der Waals surface area contributed by atoms with Crippen LogP contribution < -0.4 is 10.1 Å². The van der Waals surface area contributed by atoms with Crippen molar-refractivity contribution < 1.29 is 9.53 Å². The number of carbonyl (C=O) groups is 1. The van der Waals surface area contributed by atoms with Crippen molar-refractivity contribution in [1.82, 2.24) is 0 Å². The summed E-state index contributed by atoms with van der Waals surface area (Å²) in [4.78, 5) is 12.3. The maximum absolute atomic E-state index is 12.3. The van der Waals surface area contributed by atoms with Crippen LogP contribution in [0.25, 0.3) is 0 Å². The number of hydrogen-bond donors (Lipinski definition) is 1. The predicted octanol–water partition coefficient (Wildman–Crippen LogP) is 4.28. The van der Waals surface area contributed by atoms with Crippen molar-refractivity contribution in [3.63, 3.8) is 0 Å². The van der Waals surface area contributed by atoms with Gasteiger partial charge in [0.2, 0.25) is 0 Å². The van der Waals surface area contributed by atoms with Crippen LogP contribution in [-0.2, 0) is 6.42 Å². The fraction of sp³-hybridized carbons (Fsp3) is 0.235. The second-order valence-electron chi connectivity index (χ2n) is 4.52. The van der Waals surface area contributed by atoms with Gasteiger partial charge in [-0.3, -0.25) is 4.79 Å². The second kappa shape index (κ2) is 7.84. The molecule has 0 fully saturated rings. The Morgan fingerprint density at radius 1 is 1.14 bits per heavy atom. The van der Waals surface area contributed by atoms with Crippen molar-refractivity contribution in [3.8, 4) is 5.75 Å². The fourth-order valence-corrected chi connectivity index (χ4v) is 2.46. The summed E-state index contributed by atoms with van der Waals surface area (Å²) in [5.41, 5.74) is 2.56. The summed E-state index contributed by atoms with van der Waals surface area (Å²) in [6, 6.07) is 15.1. The van der Waals surface area contributed by atoms with Crippen LogP contribution >= 0.6 is 15.9 Å². The van der Waals surface area contributed by atoms with Gasteiger partial charge in [0.15, 0.2) is 0 Å². The largest absolute Gasteiger partial charge is 0.493 e. The molecule has 0 heterocycles. The molecule has 0 spiro atoms. The lowest BCUT2D eigenvalue weighted by molar-refractivity contribution is 0.102. The number of para-hydroxylation sites is 1. The minimum Gasteiger partial charge on any atom is -0.493 e. The van der Waals surface area contributed by atoms with Gasteiger partial charge in [0, 0.05) is 11.0 Å². The summed E-state index contributed by atoms with van der Waals surface area (Å²) in [6.45, 7) is 2.43. The Morgan fingerprint density at radius 3 is 2.52 bits per heavy atom. The van der Waals surface area contributed by atoms with Gasteiger partial charge >= 0.3 is 0 Å². The van der Waals surface area contributed by atoms with Crippen LogP contribution in [-0.4, -0.2) is 17.8 Å². The van der Waals surface area contributed by atoms with Gasteiger partial charge in [-0.05, 0) is 43.2 Å². The normalized spacial score (nSPS) is 10.2. The van der Waals surface area contributed by atoms with Crippen molar-refractivity contribution in [2.75, 3.05) is 17.3 Å². The molecule has 4 heteroatoms.